The van der Waals surface area contributed by atoms with Crippen LogP contribution in [0.4, 0.5) is 0 Å². The van der Waals surface area contributed by atoms with Crippen LogP contribution in [0.5, 0.6) is 0 Å². The molecular formula is C10H14N2O4S. The van der Waals surface area contributed by atoms with Gasteiger partial charge in [-0.25, -0.2) is 13.1 Å². The molecule has 0 aromatic carbocycles. The summed E-state index contributed by atoms with van der Waals surface area (Å²) >= 11 is 0. The van der Waals surface area contributed by atoms with Crippen molar-refractivity contribution < 1.29 is 18.3 Å². The molecule has 0 amide bonds. The Hall–Kier alpha value is -1.47. The summed E-state index contributed by atoms with van der Waals surface area (Å²) in [7, 11) is -3.59. The van der Waals surface area contributed by atoms with Gasteiger partial charge in [-0.3, -0.25) is 9.78 Å². The molecule has 0 bridgehead atoms. The Labute approximate surface area is 99.7 Å². The third-order valence-corrected chi connectivity index (χ3v) is 3.53. The molecule has 1 aromatic heterocycles. The van der Waals surface area contributed by atoms with Crippen molar-refractivity contribution >= 4 is 16.0 Å². The number of nitrogens with zero attached hydrogens (tertiary/aromatic N) is 1. The van der Waals surface area contributed by atoms with Gasteiger partial charge in [-0.2, -0.15) is 0 Å². The number of carboxylic acids is 1. The quantitative estimate of drug-likeness (QED) is 0.776. The van der Waals surface area contributed by atoms with E-state index in [2.05, 4.69) is 9.71 Å². The number of carbonyl (C=O) groups is 1. The summed E-state index contributed by atoms with van der Waals surface area (Å²) in [5.74, 6) is -1.57. The first-order valence-corrected chi connectivity index (χ1v) is 6.68. The zero-order valence-electron chi connectivity index (χ0n) is 9.33. The van der Waals surface area contributed by atoms with Crippen LogP contribution in [0.25, 0.3) is 0 Å². The minimum Gasteiger partial charge on any atom is -0.481 e. The third-order valence-electron chi connectivity index (χ3n) is 2.07. The zero-order valence-corrected chi connectivity index (χ0v) is 10.1. The number of aliphatic carboxylic acids is 1. The van der Waals surface area contributed by atoms with Crippen LogP contribution in [0.3, 0.4) is 0 Å². The first-order valence-electron chi connectivity index (χ1n) is 5.03. The number of sulfonamides is 1. The number of hydrogen-bond acceptors (Lipinski definition) is 4. The lowest BCUT2D eigenvalue weighted by Gasteiger charge is -2.12. The van der Waals surface area contributed by atoms with Crippen LogP contribution in [-0.2, 0) is 14.8 Å². The highest BCUT2D eigenvalue weighted by Crippen LogP contribution is 2.09. The van der Waals surface area contributed by atoms with E-state index in [9.17, 15) is 13.2 Å². The summed E-state index contributed by atoms with van der Waals surface area (Å²) in [6.45, 7) is 1.65. The van der Waals surface area contributed by atoms with Crippen molar-refractivity contribution in [2.45, 2.75) is 19.4 Å². The van der Waals surface area contributed by atoms with E-state index in [0.717, 1.165) is 0 Å². The number of hydrogen-bond donors (Lipinski definition) is 2. The van der Waals surface area contributed by atoms with Gasteiger partial charge in [0.2, 0.25) is 10.0 Å². The highest BCUT2D eigenvalue weighted by molar-refractivity contribution is 7.89. The van der Waals surface area contributed by atoms with Crippen molar-refractivity contribution in [2.75, 3.05) is 5.75 Å². The van der Waals surface area contributed by atoms with E-state index in [1.807, 2.05) is 0 Å². The largest absolute Gasteiger partial charge is 0.481 e. The van der Waals surface area contributed by atoms with Gasteiger partial charge in [0.15, 0.2) is 0 Å². The molecule has 1 atom stereocenters. The summed E-state index contributed by atoms with van der Waals surface area (Å²) < 4.78 is 25.4. The van der Waals surface area contributed by atoms with Crippen LogP contribution in [-0.4, -0.2) is 30.2 Å². The molecule has 0 unspecified atom stereocenters. The van der Waals surface area contributed by atoms with Gasteiger partial charge in [0, 0.05) is 6.20 Å². The van der Waals surface area contributed by atoms with Crippen molar-refractivity contribution in [3.8, 4) is 0 Å². The van der Waals surface area contributed by atoms with E-state index < -0.39 is 34.2 Å². The number of carboxylic acid groups (broad SMARTS) is 1. The van der Waals surface area contributed by atoms with Gasteiger partial charge in [-0.15, -0.1) is 0 Å². The number of pyridine rings is 1. The van der Waals surface area contributed by atoms with Crippen LogP contribution in [0.1, 0.15) is 25.1 Å². The van der Waals surface area contributed by atoms with Crippen molar-refractivity contribution in [2.24, 2.45) is 0 Å². The summed E-state index contributed by atoms with van der Waals surface area (Å²) in [6, 6.07) is 4.71. The van der Waals surface area contributed by atoms with Gasteiger partial charge in [0.05, 0.1) is 23.9 Å². The molecule has 1 aromatic rings. The van der Waals surface area contributed by atoms with Crippen LogP contribution >= 0.6 is 0 Å². The predicted molar refractivity (Wildman–Crippen MR) is 61.8 cm³/mol. The van der Waals surface area contributed by atoms with Crippen LogP contribution < -0.4 is 4.72 Å². The second kappa shape index (κ2) is 5.74. The Morgan fingerprint density at radius 2 is 2.24 bits per heavy atom. The standard InChI is InChI=1S/C10H14N2O4S/c1-8(9-4-2-3-6-11-9)12-17(15,16)7-5-10(13)14/h2-4,6,8,12H,5,7H2,1H3,(H,13,14)/t8-/m1/s1. The van der Waals surface area contributed by atoms with E-state index in [1.165, 1.54) is 0 Å². The molecule has 0 aliphatic rings. The molecule has 0 spiro atoms. The topological polar surface area (TPSA) is 96.4 Å². The van der Waals surface area contributed by atoms with E-state index in [-0.39, 0.29) is 0 Å². The Bertz CT molecular complexity index is 472. The second-order valence-corrected chi connectivity index (χ2v) is 5.43. The Kier molecular flexibility index (Phi) is 4.59. The van der Waals surface area contributed by atoms with Crippen LogP contribution in [0.15, 0.2) is 24.4 Å². The first-order chi connectivity index (χ1) is 7.91. The maximum Gasteiger partial charge on any atom is 0.304 e. The van der Waals surface area contributed by atoms with E-state index in [0.29, 0.717) is 5.69 Å². The fraction of sp³-hybridized carbons (Fsp3) is 0.400. The summed E-state index contributed by atoms with van der Waals surface area (Å²) in [5.41, 5.74) is 0.589. The fourth-order valence-electron chi connectivity index (χ4n) is 1.24. The van der Waals surface area contributed by atoms with E-state index in [1.54, 1.807) is 31.3 Å². The molecule has 0 aliphatic carbocycles. The number of nitrogens with one attached hydrogen (secondary N) is 1. The molecule has 0 radical (unpaired) electrons. The average Bonchev–Trinajstić information content (AvgIpc) is 2.27. The van der Waals surface area contributed by atoms with E-state index in [4.69, 9.17) is 5.11 Å². The monoisotopic (exact) mass is 258 g/mol. The molecule has 2 N–H and O–H groups in total. The van der Waals surface area contributed by atoms with Gasteiger partial charge >= 0.3 is 5.97 Å². The van der Waals surface area contributed by atoms with Gasteiger partial charge in [0.1, 0.15) is 0 Å². The highest BCUT2D eigenvalue weighted by Gasteiger charge is 2.17. The summed E-state index contributed by atoms with van der Waals surface area (Å²) in [4.78, 5) is 14.3. The molecule has 0 fully saturated rings. The molecule has 94 valence electrons. The van der Waals surface area contributed by atoms with Gasteiger partial charge in [-0.1, -0.05) is 6.07 Å². The molecule has 1 rings (SSSR count). The predicted octanol–water partition coefficient (Wildman–Crippen LogP) is 0.537. The fourth-order valence-corrected chi connectivity index (χ4v) is 2.46. The molecule has 0 saturated carbocycles. The molecule has 1 heterocycles. The third kappa shape index (κ3) is 4.92. The second-order valence-electron chi connectivity index (χ2n) is 3.56. The van der Waals surface area contributed by atoms with Gasteiger partial charge in [0.25, 0.3) is 0 Å². The maximum absolute atomic E-state index is 11.5. The van der Waals surface area contributed by atoms with Crippen molar-refractivity contribution in [3.63, 3.8) is 0 Å². The van der Waals surface area contributed by atoms with Crippen LogP contribution in [0.2, 0.25) is 0 Å². The highest BCUT2D eigenvalue weighted by atomic mass is 32.2. The summed E-state index contributed by atoms with van der Waals surface area (Å²) in [6.07, 6.45) is 1.15. The molecule has 0 saturated heterocycles. The molecule has 17 heavy (non-hydrogen) atoms. The lowest BCUT2D eigenvalue weighted by molar-refractivity contribution is -0.136. The smallest absolute Gasteiger partial charge is 0.304 e. The lowest BCUT2D eigenvalue weighted by Crippen LogP contribution is -2.30. The lowest BCUT2D eigenvalue weighted by atomic mass is 10.2. The number of rotatable bonds is 6. The molecule has 0 aliphatic heterocycles. The Morgan fingerprint density at radius 1 is 1.53 bits per heavy atom. The first kappa shape index (κ1) is 13.6. The minimum absolute atomic E-state index is 0.412. The molecule has 6 nitrogen and oxygen atoms in total. The normalized spacial score (nSPS) is 13.2. The van der Waals surface area contributed by atoms with Gasteiger partial charge < -0.3 is 5.11 Å². The molecular weight excluding hydrogens is 244 g/mol. The molecule has 7 heteroatoms. The van der Waals surface area contributed by atoms with Gasteiger partial charge in [-0.05, 0) is 19.1 Å². The Balaban J connectivity index is 2.62. The summed E-state index contributed by atoms with van der Waals surface area (Å²) in [5, 5.41) is 8.42. The zero-order chi connectivity index (χ0) is 12.9. The SMILES string of the molecule is C[C@@H](NS(=O)(=O)CCC(=O)O)c1ccccn1. The Morgan fingerprint density at radius 3 is 2.76 bits per heavy atom. The van der Waals surface area contributed by atoms with Crippen molar-refractivity contribution in [1.29, 1.82) is 0 Å². The maximum atomic E-state index is 11.5. The van der Waals surface area contributed by atoms with Crippen molar-refractivity contribution in [3.05, 3.63) is 30.1 Å². The minimum atomic E-state index is -3.59. The van der Waals surface area contributed by atoms with Crippen molar-refractivity contribution in [1.82, 2.24) is 9.71 Å². The van der Waals surface area contributed by atoms with E-state index >= 15 is 0 Å². The average molecular weight is 258 g/mol. The van der Waals surface area contributed by atoms with Crippen LogP contribution in [0, 0.1) is 0 Å². The number of aromatic nitrogens is 1.